The number of nitrogens with zero attached hydrogens (tertiary/aromatic N) is 4. The van der Waals surface area contributed by atoms with E-state index in [2.05, 4.69) is 102 Å². The van der Waals surface area contributed by atoms with Crippen molar-refractivity contribution in [3.8, 4) is 0 Å². The molecule has 44 heavy (non-hydrogen) atoms. The predicted molar refractivity (Wildman–Crippen MR) is 194 cm³/mol. The second kappa shape index (κ2) is 25.0. The van der Waals surface area contributed by atoms with E-state index in [0.29, 0.717) is 6.04 Å². The number of hydrogen-bond donors (Lipinski definition) is 1. The first-order valence-electron chi connectivity index (χ1n) is 18.4. The molecule has 0 radical (unpaired) electrons. The number of amidine groups is 1. The highest BCUT2D eigenvalue weighted by molar-refractivity contribution is 5.90. The fourth-order valence-electron chi connectivity index (χ4n) is 6.30. The molecule has 3 aliphatic heterocycles. The number of nitrogens with one attached hydrogen (secondary N) is 1. The molecule has 5 heteroatoms. The van der Waals surface area contributed by atoms with E-state index in [-0.39, 0.29) is 0 Å². The lowest BCUT2D eigenvalue weighted by atomic mass is 10.1. The van der Waals surface area contributed by atoms with Gasteiger partial charge in [0.05, 0.1) is 13.0 Å². The van der Waals surface area contributed by atoms with Gasteiger partial charge in [-0.2, -0.15) is 0 Å². The van der Waals surface area contributed by atoms with E-state index < -0.39 is 0 Å². The maximum atomic E-state index is 4.43. The van der Waals surface area contributed by atoms with Crippen LogP contribution >= 0.6 is 0 Å². The second-order valence-electron chi connectivity index (χ2n) is 12.5. The zero-order chi connectivity index (χ0) is 31.7. The third kappa shape index (κ3) is 16.2. The van der Waals surface area contributed by atoms with Crippen molar-refractivity contribution in [3.63, 3.8) is 0 Å². The van der Waals surface area contributed by atoms with E-state index in [1.165, 1.54) is 121 Å². The van der Waals surface area contributed by atoms with Gasteiger partial charge in [0.2, 0.25) is 0 Å². The summed E-state index contributed by atoms with van der Waals surface area (Å²) in [7, 11) is 0. The summed E-state index contributed by atoms with van der Waals surface area (Å²) < 4.78 is 4.59. The predicted octanol–water partition coefficient (Wildman–Crippen LogP) is 9.01. The molecule has 1 saturated carbocycles. The van der Waals surface area contributed by atoms with Crippen molar-refractivity contribution in [3.05, 3.63) is 60.4 Å². The van der Waals surface area contributed by atoms with Crippen molar-refractivity contribution in [1.29, 1.82) is 0 Å². The van der Waals surface area contributed by atoms with E-state index in [1.807, 2.05) is 18.2 Å². The standard InChI is InChI=1S/C9H15N2.C9H19N.C8H10.C7H15N.C6H9N/c1-2-8-7-10-9-5-3-4-6-11(8)9;1-2-10-9-7-5-3-4-6-8-9;1-2-8-6-4-3-5-7-8;1-2-5-8-6-3-4-7-8;1-2-7-5-3-4-6-7/h7-8H,2-6H2,1H3;9-10H,2-8H2,1H3;3-7H,2H2,1H3;2-7H2,1H3;3-6H,2H2,1H3/q+1;;;;. The first-order chi connectivity index (χ1) is 21.6. The van der Waals surface area contributed by atoms with Crippen LogP contribution in [0.15, 0.2) is 59.9 Å². The molecular weight excluding hydrogens is 538 g/mol. The van der Waals surface area contributed by atoms with E-state index in [9.17, 15) is 0 Å². The molecule has 2 fully saturated rings. The van der Waals surface area contributed by atoms with E-state index >= 15 is 0 Å². The maximum Gasteiger partial charge on any atom is 0.294 e. The Bertz CT molecular complexity index is 967. The molecular formula is C39H68N5+. The number of hydrogen-bond acceptors (Lipinski definition) is 3. The van der Waals surface area contributed by atoms with Gasteiger partial charge in [-0.05, 0) is 109 Å². The molecule has 1 aromatic carbocycles. The van der Waals surface area contributed by atoms with Crippen LogP contribution in [0.25, 0.3) is 0 Å². The molecule has 1 aromatic heterocycles. The third-order valence-corrected chi connectivity index (χ3v) is 8.96. The van der Waals surface area contributed by atoms with Crippen LogP contribution in [0.5, 0.6) is 0 Å². The number of likely N-dealkylation sites (tertiary alicyclic amines) is 1. The molecule has 1 N–H and O–H groups in total. The number of rotatable bonds is 7. The van der Waals surface area contributed by atoms with Crippen LogP contribution in [0.1, 0.15) is 124 Å². The Morgan fingerprint density at radius 2 is 1.48 bits per heavy atom. The van der Waals surface area contributed by atoms with Crippen LogP contribution in [0.2, 0.25) is 0 Å². The minimum absolute atomic E-state index is 0.616. The largest absolute Gasteiger partial charge is 0.355 e. The average molecular weight is 607 g/mol. The summed E-state index contributed by atoms with van der Waals surface area (Å²) >= 11 is 0. The Balaban J connectivity index is 0.000000194. The summed E-state index contributed by atoms with van der Waals surface area (Å²) in [5.41, 5.74) is 1.41. The van der Waals surface area contributed by atoms with Gasteiger partial charge in [-0.1, -0.05) is 88.7 Å². The lowest BCUT2D eigenvalue weighted by Crippen LogP contribution is -2.30. The van der Waals surface area contributed by atoms with Gasteiger partial charge in [0, 0.05) is 25.0 Å². The summed E-state index contributed by atoms with van der Waals surface area (Å²) in [6.45, 7) is 18.4. The first kappa shape index (κ1) is 37.9. The van der Waals surface area contributed by atoms with Gasteiger partial charge in [-0.15, -0.1) is 0 Å². The van der Waals surface area contributed by atoms with Crippen molar-refractivity contribution >= 4 is 12.1 Å². The Morgan fingerprint density at radius 1 is 0.795 bits per heavy atom. The SMILES string of the molecule is CCC1C=NC2=[N+]1CCCC2.CCCN1CCCC1.CCNC1CCCCCC1.CCc1ccccc1.CCn1cccc1. The Kier molecular flexibility index (Phi) is 21.6. The highest BCUT2D eigenvalue weighted by Crippen LogP contribution is 2.17. The fourth-order valence-corrected chi connectivity index (χ4v) is 6.30. The fraction of sp³-hybridized carbons (Fsp3) is 0.692. The molecule has 1 atom stereocenters. The number of aromatic nitrogens is 1. The quantitative estimate of drug-likeness (QED) is 0.252. The molecule has 0 spiro atoms. The monoisotopic (exact) mass is 607 g/mol. The normalized spacial score (nSPS) is 19.6. The Morgan fingerprint density at radius 3 is 2.00 bits per heavy atom. The number of benzene rings is 1. The van der Waals surface area contributed by atoms with Gasteiger partial charge in [-0.25, -0.2) is 0 Å². The van der Waals surface area contributed by atoms with Gasteiger partial charge in [0.1, 0.15) is 0 Å². The molecule has 5 nitrogen and oxygen atoms in total. The minimum Gasteiger partial charge on any atom is -0.355 e. The zero-order valence-electron chi connectivity index (χ0n) is 29.4. The zero-order valence-corrected chi connectivity index (χ0v) is 29.4. The van der Waals surface area contributed by atoms with E-state index in [0.717, 1.165) is 25.6 Å². The molecule has 1 saturated heterocycles. The molecule has 4 heterocycles. The van der Waals surface area contributed by atoms with Crippen molar-refractivity contribution in [1.82, 2.24) is 14.8 Å². The van der Waals surface area contributed by atoms with Crippen LogP contribution in [0.4, 0.5) is 0 Å². The van der Waals surface area contributed by atoms with E-state index in [1.54, 1.807) is 0 Å². The first-order valence-corrected chi connectivity index (χ1v) is 18.4. The molecule has 1 unspecified atom stereocenters. The van der Waals surface area contributed by atoms with Crippen molar-refractivity contribution < 1.29 is 4.58 Å². The molecule has 0 amide bonds. The average Bonchev–Trinajstić information content (AvgIpc) is 3.84. The lowest BCUT2D eigenvalue weighted by Gasteiger charge is -2.13. The van der Waals surface area contributed by atoms with Gasteiger partial charge in [0.15, 0.2) is 12.3 Å². The smallest absolute Gasteiger partial charge is 0.294 e. The van der Waals surface area contributed by atoms with E-state index in [4.69, 9.17) is 0 Å². The number of aryl methyl sites for hydroxylation is 2. The van der Waals surface area contributed by atoms with Crippen LogP contribution in [0.3, 0.4) is 0 Å². The van der Waals surface area contributed by atoms with Crippen LogP contribution in [-0.2, 0) is 13.0 Å². The lowest BCUT2D eigenvalue weighted by molar-refractivity contribution is -0.550. The highest BCUT2D eigenvalue weighted by atomic mass is 15.2. The third-order valence-electron chi connectivity index (χ3n) is 8.96. The highest BCUT2D eigenvalue weighted by Gasteiger charge is 2.29. The summed E-state index contributed by atoms with van der Waals surface area (Å²) in [6, 6.07) is 16.0. The van der Waals surface area contributed by atoms with Crippen molar-refractivity contribution in [2.45, 2.75) is 143 Å². The summed E-state index contributed by atoms with van der Waals surface area (Å²) in [5, 5.41) is 3.52. The van der Waals surface area contributed by atoms with Gasteiger partial charge in [0.25, 0.3) is 5.84 Å². The molecule has 1 aliphatic carbocycles. The molecule has 0 bridgehead atoms. The summed E-state index contributed by atoms with van der Waals surface area (Å²) in [5.74, 6) is 1.34. The Hall–Kier alpha value is -2.24. The molecule has 6 rings (SSSR count). The number of aliphatic imine (C=N–C) groups is 1. The van der Waals surface area contributed by atoms with Gasteiger partial charge < -0.3 is 14.8 Å². The van der Waals surface area contributed by atoms with Gasteiger partial charge in [-0.3, -0.25) is 4.58 Å². The van der Waals surface area contributed by atoms with Crippen LogP contribution in [0, 0.1) is 0 Å². The topological polar surface area (TPSA) is 35.6 Å². The van der Waals surface area contributed by atoms with Crippen molar-refractivity contribution in [2.24, 2.45) is 4.99 Å². The Labute approximate surface area is 272 Å². The van der Waals surface area contributed by atoms with Crippen LogP contribution < -0.4 is 5.32 Å². The molecule has 248 valence electrons. The second-order valence-corrected chi connectivity index (χ2v) is 12.5. The summed E-state index contributed by atoms with van der Waals surface area (Å²) in [4.78, 5) is 6.97. The van der Waals surface area contributed by atoms with Crippen molar-refractivity contribution in [2.75, 3.05) is 32.7 Å². The molecule has 4 aliphatic rings. The van der Waals surface area contributed by atoms with Crippen LogP contribution in [-0.4, -0.2) is 70.9 Å². The maximum absolute atomic E-state index is 4.43. The summed E-state index contributed by atoms with van der Waals surface area (Å²) in [6.07, 6.45) is 25.3. The molecule has 2 aromatic rings. The minimum atomic E-state index is 0.616. The van der Waals surface area contributed by atoms with Gasteiger partial charge >= 0.3 is 0 Å².